The van der Waals surface area contributed by atoms with Crippen LogP contribution in [0.5, 0.6) is 0 Å². The zero-order chi connectivity index (χ0) is 22.6. The molecule has 0 unspecified atom stereocenters. The molecule has 9 nitrogen and oxygen atoms in total. The summed E-state index contributed by atoms with van der Waals surface area (Å²) in [6.07, 6.45) is 0.0866. The SMILES string of the molecule is O=C(CC[C@H](O)CN1Cc2ccccc2C1)c1cc(NC2COC2)nc(N2CCOCC2)n1. The Labute approximate surface area is 193 Å². The maximum atomic E-state index is 13.0. The number of ketones is 1. The van der Waals surface area contributed by atoms with Crippen LogP contribution in [-0.4, -0.2) is 84.0 Å². The van der Waals surface area contributed by atoms with E-state index in [2.05, 4.69) is 32.3 Å². The number of β-amino-alcohol motifs (C(OH)–C–C–N with tert-alkyl or cyclic N) is 1. The van der Waals surface area contributed by atoms with Gasteiger partial charge in [-0.2, -0.15) is 4.98 Å². The molecule has 1 aromatic carbocycles. The van der Waals surface area contributed by atoms with Crippen LogP contribution in [0.2, 0.25) is 0 Å². The highest BCUT2D eigenvalue weighted by atomic mass is 16.5. The predicted octanol–water partition coefficient (Wildman–Crippen LogP) is 1.46. The lowest BCUT2D eigenvalue weighted by Crippen LogP contribution is -2.41. The molecular formula is C24H31N5O4. The predicted molar refractivity (Wildman–Crippen MR) is 123 cm³/mol. The van der Waals surface area contributed by atoms with Crippen molar-refractivity contribution in [2.45, 2.75) is 38.1 Å². The summed E-state index contributed by atoms with van der Waals surface area (Å²) in [6, 6.07) is 10.3. The van der Waals surface area contributed by atoms with Crippen LogP contribution in [0.15, 0.2) is 30.3 Å². The number of anilines is 2. The number of hydrogen-bond acceptors (Lipinski definition) is 9. The average molecular weight is 454 g/mol. The highest BCUT2D eigenvalue weighted by Crippen LogP contribution is 2.23. The van der Waals surface area contributed by atoms with Gasteiger partial charge in [-0.05, 0) is 17.5 Å². The van der Waals surface area contributed by atoms with Gasteiger partial charge in [0.25, 0.3) is 0 Å². The first-order valence-corrected chi connectivity index (χ1v) is 11.7. The largest absolute Gasteiger partial charge is 0.392 e. The number of ether oxygens (including phenoxy) is 2. The molecule has 2 aromatic rings. The molecular weight excluding hydrogens is 422 g/mol. The topological polar surface area (TPSA) is 100 Å². The summed E-state index contributed by atoms with van der Waals surface area (Å²) >= 11 is 0. The number of benzene rings is 1. The Morgan fingerprint density at radius 1 is 1.12 bits per heavy atom. The van der Waals surface area contributed by atoms with Crippen LogP contribution >= 0.6 is 0 Å². The number of aromatic nitrogens is 2. The number of carbonyl (C=O) groups excluding carboxylic acids is 1. The molecule has 176 valence electrons. The second-order valence-electron chi connectivity index (χ2n) is 8.97. The van der Waals surface area contributed by atoms with E-state index in [1.54, 1.807) is 6.07 Å². The number of hydrogen-bond donors (Lipinski definition) is 2. The summed E-state index contributed by atoms with van der Waals surface area (Å²) < 4.78 is 10.7. The third-order valence-electron chi connectivity index (χ3n) is 6.36. The average Bonchev–Trinajstić information content (AvgIpc) is 3.22. The van der Waals surface area contributed by atoms with Crippen molar-refractivity contribution in [1.82, 2.24) is 14.9 Å². The maximum Gasteiger partial charge on any atom is 0.228 e. The van der Waals surface area contributed by atoms with Crippen LogP contribution in [0, 0.1) is 0 Å². The van der Waals surface area contributed by atoms with E-state index < -0.39 is 6.10 Å². The first-order valence-electron chi connectivity index (χ1n) is 11.7. The monoisotopic (exact) mass is 453 g/mol. The van der Waals surface area contributed by atoms with Crippen LogP contribution < -0.4 is 10.2 Å². The van der Waals surface area contributed by atoms with E-state index in [0.29, 0.717) is 69.9 Å². The van der Waals surface area contributed by atoms with Gasteiger partial charge in [-0.1, -0.05) is 24.3 Å². The summed E-state index contributed by atoms with van der Waals surface area (Å²) in [5, 5.41) is 13.9. The number of nitrogens with one attached hydrogen (secondary N) is 1. The van der Waals surface area contributed by atoms with Crippen molar-refractivity contribution in [1.29, 1.82) is 0 Å². The molecule has 5 rings (SSSR count). The van der Waals surface area contributed by atoms with Crippen molar-refractivity contribution < 1.29 is 19.4 Å². The number of rotatable bonds is 9. The maximum absolute atomic E-state index is 13.0. The number of aliphatic hydroxyl groups is 1. The molecule has 2 saturated heterocycles. The fourth-order valence-corrected chi connectivity index (χ4v) is 4.43. The Kier molecular flexibility index (Phi) is 6.82. The highest BCUT2D eigenvalue weighted by Gasteiger charge is 2.24. The minimum Gasteiger partial charge on any atom is -0.392 e. The molecule has 0 saturated carbocycles. The van der Waals surface area contributed by atoms with Gasteiger partial charge >= 0.3 is 0 Å². The summed E-state index contributed by atoms with van der Waals surface area (Å²) in [5.41, 5.74) is 3.01. The number of aliphatic hydroxyl groups excluding tert-OH is 1. The Balaban J connectivity index is 1.20. The lowest BCUT2D eigenvalue weighted by molar-refractivity contribution is 0.0209. The highest BCUT2D eigenvalue weighted by molar-refractivity contribution is 5.95. The van der Waals surface area contributed by atoms with Crippen LogP contribution in [0.3, 0.4) is 0 Å². The number of Topliss-reactive ketones (excluding diaryl/α,β-unsaturated/α-hetero) is 1. The summed E-state index contributed by atoms with van der Waals surface area (Å²) in [5.74, 6) is 1.10. The van der Waals surface area contributed by atoms with Gasteiger partial charge in [0, 0.05) is 45.2 Å². The zero-order valence-electron chi connectivity index (χ0n) is 18.8. The van der Waals surface area contributed by atoms with Gasteiger partial charge in [0.05, 0.1) is 38.6 Å². The Morgan fingerprint density at radius 2 is 1.85 bits per heavy atom. The van der Waals surface area contributed by atoms with Crippen molar-refractivity contribution in [3.05, 3.63) is 47.2 Å². The minimum atomic E-state index is -0.562. The van der Waals surface area contributed by atoms with E-state index >= 15 is 0 Å². The van der Waals surface area contributed by atoms with E-state index in [-0.39, 0.29) is 18.2 Å². The summed E-state index contributed by atoms with van der Waals surface area (Å²) in [4.78, 5) is 26.5. The second kappa shape index (κ2) is 10.1. The van der Waals surface area contributed by atoms with Gasteiger partial charge in [-0.25, -0.2) is 4.98 Å². The number of morpholine rings is 1. The van der Waals surface area contributed by atoms with E-state index in [1.165, 1.54) is 11.1 Å². The standard InChI is InChI=1S/C24H31N5O4/c30-20(14-28-12-17-3-1-2-4-18(17)13-28)5-6-22(31)21-11-23(25-19-15-33-16-19)27-24(26-21)29-7-9-32-10-8-29/h1-4,11,19-20,30H,5-10,12-16H2,(H,25,26,27)/t20-/m0/s1. The molecule has 33 heavy (non-hydrogen) atoms. The van der Waals surface area contributed by atoms with Gasteiger partial charge < -0.3 is 24.8 Å². The van der Waals surface area contributed by atoms with Gasteiger partial charge in [-0.3, -0.25) is 9.69 Å². The van der Waals surface area contributed by atoms with Crippen LogP contribution in [0.1, 0.15) is 34.5 Å². The molecule has 1 aromatic heterocycles. The molecule has 0 radical (unpaired) electrons. The van der Waals surface area contributed by atoms with Crippen molar-refractivity contribution >= 4 is 17.5 Å². The lowest BCUT2D eigenvalue weighted by atomic mass is 10.1. The van der Waals surface area contributed by atoms with Crippen LogP contribution in [-0.2, 0) is 22.6 Å². The number of nitrogens with zero attached hydrogens (tertiary/aromatic N) is 4. The summed E-state index contributed by atoms with van der Waals surface area (Å²) in [6.45, 7) is 6.13. The Morgan fingerprint density at radius 3 is 2.52 bits per heavy atom. The van der Waals surface area contributed by atoms with Gasteiger partial charge in [-0.15, -0.1) is 0 Å². The summed E-state index contributed by atoms with van der Waals surface area (Å²) in [7, 11) is 0. The van der Waals surface area contributed by atoms with Crippen LogP contribution in [0.25, 0.3) is 0 Å². The van der Waals surface area contributed by atoms with Crippen molar-refractivity contribution in [3.63, 3.8) is 0 Å². The van der Waals surface area contributed by atoms with E-state index in [1.807, 2.05) is 17.0 Å². The fraction of sp³-hybridized carbons (Fsp3) is 0.542. The van der Waals surface area contributed by atoms with Crippen LogP contribution in [0.4, 0.5) is 11.8 Å². The molecule has 0 bridgehead atoms. The molecule has 0 spiro atoms. The lowest BCUT2D eigenvalue weighted by Gasteiger charge is -2.29. The van der Waals surface area contributed by atoms with Gasteiger partial charge in [0.2, 0.25) is 5.95 Å². The molecule has 2 fully saturated rings. The molecule has 9 heteroatoms. The molecule has 0 aliphatic carbocycles. The third-order valence-corrected chi connectivity index (χ3v) is 6.36. The normalized spacial score (nSPS) is 19.7. The molecule has 3 aliphatic rings. The molecule has 3 aliphatic heterocycles. The molecule has 2 N–H and O–H groups in total. The Hall–Kier alpha value is -2.59. The van der Waals surface area contributed by atoms with Crippen molar-refractivity contribution in [2.24, 2.45) is 0 Å². The van der Waals surface area contributed by atoms with E-state index in [0.717, 1.165) is 13.1 Å². The first kappa shape index (κ1) is 22.2. The third kappa shape index (κ3) is 5.50. The van der Waals surface area contributed by atoms with Crippen molar-refractivity contribution in [3.8, 4) is 0 Å². The minimum absolute atomic E-state index is 0.0800. The number of carbonyl (C=O) groups is 1. The first-order chi connectivity index (χ1) is 16.1. The zero-order valence-corrected chi connectivity index (χ0v) is 18.8. The smallest absolute Gasteiger partial charge is 0.228 e. The molecule has 0 amide bonds. The Bertz CT molecular complexity index is 952. The van der Waals surface area contributed by atoms with Gasteiger partial charge in [0.15, 0.2) is 5.78 Å². The van der Waals surface area contributed by atoms with E-state index in [4.69, 9.17) is 9.47 Å². The number of fused-ring (bicyclic) bond motifs is 1. The van der Waals surface area contributed by atoms with E-state index in [9.17, 15) is 9.90 Å². The quantitative estimate of drug-likeness (QED) is 0.547. The van der Waals surface area contributed by atoms with Gasteiger partial charge in [0.1, 0.15) is 11.5 Å². The fourth-order valence-electron chi connectivity index (χ4n) is 4.43. The molecule has 4 heterocycles. The molecule has 1 atom stereocenters. The second-order valence-corrected chi connectivity index (χ2v) is 8.97. The van der Waals surface area contributed by atoms with Crippen molar-refractivity contribution in [2.75, 3.05) is 56.3 Å².